The molecule has 188 valence electrons. The number of aromatic nitrogens is 2. The summed E-state index contributed by atoms with van der Waals surface area (Å²) in [5.74, 6) is -2.92. The fraction of sp³-hybridized carbons (Fsp3) is 0.476. The van der Waals surface area contributed by atoms with E-state index in [1.54, 1.807) is 0 Å². The molecule has 5 atom stereocenters. The Kier molecular flexibility index (Phi) is 7.64. The van der Waals surface area contributed by atoms with E-state index in [2.05, 4.69) is 5.10 Å². The molecule has 1 aliphatic rings. The molecule has 1 saturated heterocycles. The van der Waals surface area contributed by atoms with Gasteiger partial charge in [-0.3, -0.25) is 29.3 Å². The summed E-state index contributed by atoms with van der Waals surface area (Å²) in [5, 5.41) is 15.9. The Labute approximate surface area is 198 Å². The highest BCUT2D eigenvalue weighted by atomic mass is 16.7. The van der Waals surface area contributed by atoms with Gasteiger partial charge in [0.1, 0.15) is 12.7 Å². The summed E-state index contributed by atoms with van der Waals surface area (Å²) in [6, 6.07) is 3.99. The zero-order valence-electron chi connectivity index (χ0n) is 19.2. The number of hydrogen-bond donors (Lipinski definition) is 0. The number of esters is 4. The van der Waals surface area contributed by atoms with E-state index in [1.807, 2.05) is 0 Å². The van der Waals surface area contributed by atoms with Crippen molar-refractivity contribution in [2.24, 2.45) is 0 Å². The summed E-state index contributed by atoms with van der Waals surface area (Å²) < 4.78 is 28.4. The number of ether oxygens (including phenoxy) is 5. The van der Waals surface area contributed by atoms with Crippen molar-refractivity contribution in [1.29, 1.82) is 0 Å². The van der Waals surface area contributed by atoms with E-state index in [0.717, 1.165) is 20.8 Å². The van der Waals surface area contributed by atoms with E-state index in [1.165, 1.54) is 36.0 Å². The highest BCUT2D eigenvalue weighted by molar-refractivity contribution is 5.80. The molecular weight excluding hydrogens is 470 g/mol. The number of rotatable bonds is 7. The molecule has 1 aromatic carbocycles. The van der Waals surface area contributed by atoms with Crippen molar-refractivity contribution in [2.45, 2.75) is 58.3 Å². The number of fused-ring (bicyclic) bond motifs is 1. The first kappa shape index (κ1) is 25.6. The number of hydrogen-bond acceptors (Lipinski definition) is 12. The molecule has 1 fully saturated rings. The smallest absolute Gasteiger partial charge is 0.303 e. The van der Waals surface area contributed by atoms with Gasteiger partial charge in [-0.25, -0.2) is 4.68 Å². The van der Waals surface area contributed by atoms with Crippen molar-refractivity contribution in [1.82, 2.24) is 9.78 Å². The molecule has 0 amide bonds. The fourth-order valence-electron chi connectivity index (χ4n) is 3.69. The molecule has 0 bridgehead atoms. The maximum atomic E-state index is 11.9. The summed E-state index contributed by atoms with van der Waals surface area (Å²) in [7, 11) is 0. The molecule has 0 radical (unpaired) electrons. The molecule has 0 aliphatic carbocycles. The van der Waals surface area contributed by atoms with Crippen molar-refractivity contribution in [3.63, 3.8) is 0 Å². The van der Waals surface area contributed by atoms with Crippen LogP contribution < -0.4 is 0 Å². The number of nitro benzene ring substituents is 1. The maximum Gasteiger partial charge on any atom is 0.303 e. The van der Waals surface area contributed by atoms with Crippen molar-refractivity contribution >= 4 is 40.5 Å². The van der Waals surface area contributed by atoms with E-state index in [-0.39, 0.29) is 12.3 Å². The van der Waals surface area contributed by atoms with E-state index in [0.29, 0.717) is 10.9 Å². The van der Waals surface area contributed by atoms with Crippen LogP contribution in [0.4, 0.5) is 5.69 Å². The van der Waals surface area contributed by atoms with Gasteiger partial charge in [-0.15, -0.1) is 0 Å². The van der Waals surface area contributed by atoms with Gasteiger partial charge >= 0.3 is 23.9 Å². The third kappa shape index (κ3) is 6.09. The second kappa shape index (κ2) is 10.5. The van der Waals surface area contributed by atoms with Crippen LogP contribution in [-0.4, -0.2) is 69.6 Å². The van der Waals surface area contributed by atoms with Crippen LogP contribution >= 0.6 is 0 Å². The van der Waals surface area contributed by atoms with Gasteiger partial charge in [0.2, 0.25) is 0 Å². The Hall–Kier alpha value is -4.07. The molecule has 0 unspecified atom stereocenters. The fourth-order valence-corrected chi connectivity index (χ4v) is 3.69. The van der Waals surface area contributed by atoms with Crippen LogP contribution in [0.5, 0.6) is 0 Å². The normalized spacial score (nSPS) is 23.8. The lowest BCUT2D eigenvalue weighted by molar-refractivity contribution is -0.384. The van der Waals surface area contributed by atoms with Crippen molar-refractivity contribution in [2.75, 3.05) is 6.61 Å². The average molecular weight is 493 g/mol. The van der Waals surface area contributed by atoms with Gasteiger partial charge in [0.15, 0.2) is 24.5 Å². The number of nitrogens with zero attached hydrogens (tertiary/aromatic N) is 3. The summed E-state index contributed by atoms with van der Waals surface area (Å²) in [6.45, 7) is 4.13. The van der Waals surface area contributed by atoms with Crippen LogP contribution in [0, 0.1) is 10.1 Å². The van der Waals surface area contributed by atoms with Crippen LogP contribution in [0.15, 0.2) is 24.4 Å². The summed E-state index contributed by atoms with van der Waals surface area (Å²) in [6.07, 6.45) is -4.99. The highest BCUT2D eigenvalue weighted by Crippen LogP contribution is 2.35. The third-order valence-corrected chi connectivity index (χ3v) is 4.94. The molecule has 2 aromatic rings. The topological polar surface area (TPSA) is 175 Å². The molecule has 1 aliphatic heterocycles. The number of carbonyl (C=O) groups excluding carboxylic acids is 4. The largest absolute Gasteiger partial charge is 0.463 e. The SMILES string of the molecule is CC(=O)OC[C@H]1O[C@H](n2cc3cc([N+](=O)[O-])ccc3n2)[C@H](OC(C)=O)[C@@H](OC(C)=O)[C@H]1OC(C)=O. The predicted octanol–water partition coefficient (Wildman–Crippen LogP) is 1.20. The van der Waals surface area contributed by atoms with E-state index >= 15 is 0 Å². The predicted molar refractivity (Wildman–Crippen MR) is 114 cm³/mol. The molecule has 2 heterocycles. The lowest BCUT2D eigenvalue weighted by Gasteiger charge is -2.44. The van der Waals surface area contributed by atoms with Crippen LogP contribution in [0.25, 0.3) is 10.9 Å². The Balaban J connectivity index is 2.10. The van der Waals surface area contributed by atoms with Gasteiger partial charge in [-0.2, -0.15) is 5.10 Å². The van der Waals surface area contributed by atoms with Crippen molar-refractivity contribution < 1.29 is 47.8 Å². The second-order valence-corrected chi connectivity index (χ2v) is 7.70. The first-order chi connectivity index (χ1) is 16.5. The van der Waals surface area contributed by atoms with Gasteiger partial charge in [0.25, 0.3) is 5.69 Å². The first-order valence-corrected chi connectivity index (χ1v) is 10.4. The van der Waals surface area contributed by atoms with Crippen LogP contribution in [0.1, 0.15) is 33.9 Å². The van der Waals surface area contributed by atoms with Gasteiger partial charge in [0.05, 0.1) is 10.4 Å². The highest BCUT2D eigenvalue weighted by Gasteiger charge is 2.53. The Bertz CT molecular complexity index is 1160. The number of carbonyl (C=O) groups is 4. The van der Waals surface area contributed by atoms with E-state index in [4.69, 9.17) is 23.7 Å². The van der Waals surface area contributed by atoms with Gasteiger partial charge < -0.3 is 23.7 Å². The quantitative estimate of drug-likeness (QED) is 0.233. The molecule has 0 saturated carbocycles. The molecular formula is C21H23N3O11. The molecule has 14 nitrogen and oxygen atoms in total. The molecule has 0 N–H and O–H groups in total. The van der Waals surface area contributed by atoms with E-state index in [9.17, 15) is 29.3 Å². The number of benzene rings is 1. The van der Waals surface area contributed by atoms with E-state index < -0.39 is 59.4 Å². The van der Waals surface area contributed by atoms with Crippen molar-refractivity contribution in [3.8, 4) is 0 Å². The minimum Gasteiger partial charge on any atom is -0.463 e. The van der Waals surface area contributed by atoms with Crippen molar-refractivity contribution in [3.05, 3.63) is 34.5 Å². The Morgan fingerprint density at radius 2 is 1.57 bits per heavy atom. The van der Waals surface area contributed by atoms with Crippen LogP contribution in [0.2, 0.25) is 0 Å². The third-order valence-electron chi connectivity index (χ3n) is 4.94. The molecule has 0 spiro atoms. The minimum atomic E-state index is -1.36. The standard InChI is InChI=1S/C21H23N3O11/c1-10(25)31-9-17-18(32-11(2)26)19(33-12(3)27)20(34-13(4)28)21(35-17)23-8-14-7-15(24(29)30)5-6-16(14)22-23/h5-8,17-21H,9H2,1-4H3/t17-,18+,19+,20-,21+/m1/s1. The zero-order chi connectivity index (χ0) is 25.9. The second-order valence-electron chi connectivity index (χ2n) is 7.70. The van der Waals surface area contributed by atoms with Gasteiger partial charge in [0, 0.05) is 51.4 Å². The van der Waals surface area contributed by atoms with Gasteiger partial charge in [-0.05, 0) is 6.07 Å². The number of non-ortho nitro benzene ring substituents is 1. The Morgan fingerprint density at radius 3 is 2.14 bits per heavy atom. The molecule has 3 rings (SSSR count). The molecule has 1 aromatic heterocycles. The Morgan fingerprint density at radius 1 is 0.971 bits per heavy atom. The van der Waals surface area contributed by atoms with Crippen LogP contribution in [-0.2, 0) is 42.9 Å². The van der Waals surface area contributed by atoms with Crippen LogP contribution in [0.3, 0.4) is 0 Å². The minimum absolute atomic E-state index is 0.168. The number of nitro groups is 1. The summed E-state index contributed by atoms with van der Waals surface area (Å²) in [5.41, 5.74) is 0.196. The molecule has 14 heteroatoms. The maximum absolute atomic E-state index is 11.9. The lowest BCUT2D eigenvalue weighted by Crippen LogP contribution is -2.60. The summed E-state index contributed by atoms with van der Waals surface area (Å²) >= 11 is 0. The van der Waals surface area contributed by atoms with Gasteiger partial charge in [-0.1, -0.05) is 0 Å². The average Bonchev–Trinajstić information content (AvgIpc) is 3.17. The first-order valence-electron chi connectivity index (χ1n) is 10.4. The summed E-state index contributed by atoms with van der Waals surface area (Å²) in [4.78, 5) is 57.7. The monoisotopic (exact) mass is 493 g/mol. The molecule has 35 heavy (non-hydrogen) atoms. The zero-order valence-corrected chi connectivity index (χ0v) is 19.2. The lowest BCUT2D eigenvalue weighted by atomic mass is 9.97.